The Hall–Kier alpha value is -2.58. The number of hydrogen-bond donors (Lipinski definition) is 2. The molecule has 0 aliphatic carbocycles. The summed E-state index contributed by atoms with van der Waals surface area (Å²) in [6.07, 6.45) is -3.48. The van der Waals surface area contributed by atoms with Crippen LogP contribution in [0.2, 0.25) is 0 Å². The molecule has 1 amide bonds. The van der Waals surface area contributed by atoms with Gasteiger partial charge >= 0.3 is 6.36 Å². The largest absolute Gasteiger partial charge is 0.573 e. The van der Waals surface area contributed by atoms with Gasteiger partial charge in [0.25, 0.3) is 5.91 Å². The van der Waals surface area contributed by atoms with E-state index in [0.717, 1.165) is 12.1 Å². The minimum Gasteiger partial charge on any atom is -0.406 e. The van der Waals surface area contributed by atoms with Crippen molar-refractivity contribution in [1.29, 1.82) is 0 Å². The summed E-state index contributed by atoms with van der Waals surface area (Å²) in [6.45, 7) is 1.05. The van der Waals surface area contributed by atoms with Gasteiger partial charge in [-0.2, -0.15) is 0 Å². The second kappa shape index (κ2) is 8.84. The number of halogens is 3. The predicted octanol–water partition coefficient (Wildman–Crippen LogP) is 3.63. The van der Waals surface area contributed by atoms with Gasteiger partial charge in [-0.25, -0.2) is 0 Å². The molecule has 2 aromatic rings. The van der Waals surface area contributed by atoms with Crippen LogP contribution in [0, 0.1) is 5.92 Å². The number of carbonyl (C=O) groups excluding carboxylic acids is 1. The number of aliphatic hydroxyl groups is 1. The molecule has 156 valence electrons. The Morgan fingerprint density at radius 2 is 1.69 bits per heavy atom. The summed E-state index contributed by atoms with van der Waals surface area (Å²) in [7, 11) is 0. The minimum atomic E-state index is -4.79. The molecule has 0 radical (unpaired) electrons. The van der Waals surface area contributed by atoms with Gasteiger partial charge in [0, 0.05) is 18.8 Å². The van der Waals surface area contributed by atoms with E-state index in [1.54, 1.807) is 0 Å². The fourth-order valence-corrected chi connectivity index (χ4v) is 3.51. The van der Waals surface area contributed by atoms with Crippen LogP contribution in [0.3, 0.4) is 0 Å². The molecule has 1 saturated heterocycles. The number of hydrogen-bond acceptors (Lipinski definition) is 4. The van der Waals surface area contributed by atoms with E-state index in [-0.39, 0.29) is 18.0 Å². The number of alkyl halides is 3. The third-order valence-electron chi connectivity index (χ3n) is 5.04. The lowest BCUT2D eigenvalue weighted by Crippen LogP contribution is -2.47. The number of nitrogens with one attached hydrogen (secondary N) is 1. The maximum Gasteiger partial charge on any atom is 0.573 e. The lowest BCUT2D eigenvalue weighted by molar-refractivity contribution is -0.274. The first-order valence-electron chi connectivity index (χ1n) is 9.27. The summed E-state index contributed by atoms with van der Waals surface area (Å²) < 4.78 is 45.9. The first-order chi connectivity index (χ1) is 13.8. The standard InChI is InChI=1S/C21H22F3NO4/c22-21(23,24)29-18-8-6-15(7-9-18)19(26)25-14-20(27,16-4-2-1-3-5-16)17-10-12-28-13-11-17/h1-9,17,27H,10-14H2,(H,25,26)/t20-/m1/s1. The highest BCUT2D eigenvalue weighted by atomic mass is 19.4. The third kappa shape index (κ3) is 5.48. The van der Waals surface area contributed by atoms with Crippen LogP contribution in [0.5, 0.6) is 5.75 Å². The molecule has 0 unspecified atom stereocenters. The Bertz CT molecular complexity index is 805. The van der Waals surface area contributed by atoms with Gasteiger partial charge in [0.05, 0.1) is 6.54 Å². The predicted molar refractivity (Wildman–Crippen MR) is 99.3 cm³/mol. The lowest BCUT2D eigenvalue weighted by atomic mass is 9.77. The quantitative estimate of drug-likeness (QED) is 0.765. The highest BCUT2D eigenvalue weighted by Gasteiger charge is 2.39. The van der Waals surface area contributed by atoms with Crippen molar-refractivity contribution in [1.82, 2.24) is 5.32 Å². The Labute approximate surface area is 166 Å². The molecule has 0 spiro atoms. The van der Waals surface area contributed by atoms with E-state index >= 15 is 0 Å². The molecule has 2 aromatic carbocycles. The summed E-state index contributed by atoms with van der Waals surface area (Å²) in [5.74, 6) is -0.997. The van der Waals surface area contributed by atoms with Crippen molar-refractivity contribution in [2.75, 3.05) is 19.8 Å². The SMILES string of the molecule is O=C(NC[C@@](O)(c1ccccc1)C1CCOCC1)c1ccc(OC(F)(F)F)cc1. The van der Waals surface area contributed by atoms with Crippen molar-refractivity contribution >= 4 is 5.91 Å². The zero-order valence-electron chi connectivity index (χ0n) is 15.6. The van der Waals surface area contributed by atoms with Gasteiger partial charge in [-0.1, -0.05) is 30.3 Å². The highest BCUT2D eigenvalue weighted by molar-refractivity contribution is 5.94. The molecule has 1 atom stereocenters. The van der Waals surface area contributed by atoms with Gasteiger partial charge < -0.3 is 19.9 Å². The van der Waals surface area contributed by atoms with E-state index in [9.17, 15) is 23.1 Å². The van der Waals surface area contributed by atoms with Crippen LogP contribution in [-0.4, -0.2) is 37.1 Å². The fraction of sp³-hybridized carbons (Fsp3) is 0.381. The second-order valence-corrected chi connectivity index (χ2v) is 6.93. The molecule has 0 aromatic heterocycles. The molecule has 1 heterocycles. The van der Waals surface area contributed by atoms with Crippen LogP contribution in [0.25, 0.3) is 0 Å². The van der Waals surface area contributed by atoms with Crippen LogP contribution in [0.15, 0.2) is 54.6 Å². The average Bonchev–Trinajstić information content (AvgIpc) is 2.72. The Morgan fingerprint density at radius 1 is 1.07 bits per heavy atom. The number of rotatable bonds is 6. The van der Waals surface area contributed by atoms with Crippen LogP contribution in [0.4, 0.5) is 13.2 Å². The zero-order valence-corrected chi connectivity index (χ0v) is 15.6. The van der Waals surface area contributed by atoms with Crippen molar-refractivity contribution < 1.29 is 32.5 Å². The first kappa shape index (κ1) is 21.1. The second-order valence-electron chi connectivity index (χ2n) is 6.93. The fourth-order valence-electron chi connectivity index (χ4n) is 3.51. The van der Waals surface area contributed by atoms with Gasteiger partial charge in [0.1, 0.15) is 11.4 Å². The molecule has 8 heteroatoms. The normalized spacial score (nSPS) is 17.4. The maximum atomic E-state index is 12.5. The molecule has 0 saturated carbocycles. The summed E-state index contributed by atoms with van der Waals surface area (Å²) in [4.78, 5) is 12.5. The molecule has 2 N–H and O–H groups in total. The van der Waals surface area contributed by atoms with E-state index in [4.69, 9.17) is 4.74 Å². The Morgan fingerprint density at radius 3 is 2.28 bits per heavy atom. The topological polar surface area (TPSA) is 67.8 Å². The van der Waals surface area contributed by atoms with E-state index in [1.807, 2.05) is 30.3 Å². The van der Waals surface area contributed by atoms with Crippen molar-refractivity contribution in [2.24, 2.45) is 5.92 Å². The molecular formula is C21H22F3NO4. The van der Waals surface area contributed by atoms with Gasteiger partial charge in [-0.15, -0.1) is 13.2 Å². The summed E-state index contributed by atoms with van der Waals surface area (Å²) in [5, 5.41) is 14.2. The molecule has 0 bridgehead atoms. The van der Waals surface area contributed by atoms with Crippen molar-refractivity contribution in [3.8, 4) is 5.75 Å². The average molecular weight is 409 g/mol. The summed E-state index contributed by atoms with van der Waals surface area (Å²) in [5.41, 5.74) is -0.414. The van der Waals surface area contributed by atoms with E-state index < -0.39 is 23.6 Å². The van der Waals surface area contributed by atoms with E-state index in [1.165, 1.54) is 12.1 Å². The number of amides is 1. The van der Waals surface area contributed by atoms with Gasteiger partial charge in [-0.3, -0.25) is 4.79 Å². The zero-order chi connectivity index (χ0) is 20.9. The van der Waals surface area contributed by atoms with E-state index in [2.05, 4.69) is 10.1 Å². The lowest BCUT2D eigenvalue weighted by Gasteiger charge is -2.39. The molecule has 1 aliphatic heterocycles. The molecule has 1 aliphatic rings. The molecule has 5 nitrogen and oxygen atoms in total. The van der Waals surface area contributed by atoms with Crippen molar-refractivity contribution in [3.63, 3.8) is 0 Å². The van der Waals surface area contributed by atoms with Crippen molar-refractivity contribution in [3.05, 3.63) is 65.7 Å². The molecular weight excluding hydrogens is 387 g/mol. The minimum absolute atomic E-state index is 0.0265. The van der Waals surface area contributed by atoms with Crippen LogP contribution >= 0.6 is 0 Å². The highest BCUT2D eigenvalue weighted by Crippen LogP contribution is 2.35. The van der Waals surface area contributed by atoms with Gasteiger partial charge in [-0.05, 0) is 48.6 Å². The monoisotopic (exact) mass is 409 g/mol. The van der Waals surface area contributed by atoms with Gasteiger partial charge in [0.2, 0.25) is 0 Å². The summed E-state index contributed by atoms with van der Waals surface area (Å²) >= 11 is 0. The first-order valence-corrected chi connectivity index (χ1v) is 9.27. The molecule has 3 rings (SSSR count). The van der Waals surface area contributed by atoms with Crippen LogP contribution in [0.1, 0.15) is 28.8 Å². The molecule has 29 heavy (non-hydrogen) atoms. The number of carbonyl (C=O) groups is 1. The van der Waals surface area contributed by atoms with Gasteiger partial charge in [0.15, 0.2) is 0 Å². The summed E-state index contributed by atoms with van der Waals surface area (Å²) in [6, 6.07) is 13.7. The van der Waals surface area contributed by atoms with Crippen LogP contribution in [-0.2, 0) is 10.3 Å². The molecule has 1 fully saturated rings. The van der Waals surface area contributed by atoms with Crippen molar-refractivity contribution in [2.45, 2.75) is 24.8 Å². The third-order valence-corrected chi connectivity index (χ3v) is 5.04. The van der Waals surface area contributed by atoms with E-state index in [0.29, 0.717) is 31.6 Å². The smallest absolute Gasteiger partial charge is 0.406 e. The maximum absolute atomic E-state index is 12.5. The number of benzene rings is 2. The number of ether oxygens (including phenoxy) is 2. The Balaban J connectivity index is 1.71. The van der Waals surface area contributed by atoms with Crippen LogP contribution < -0.4 is 10.1 Å². The Kier molecular flexibility index (Phi) is 6.44.